The molecule has 0 aliphatic heterocycles. The summed E-state index contributed by atoms with van der Waals surface area (Å²) < 4.78 is 0. The van der Waals surface area contributed by atoms with Crippen LogP contribution in [-0.2, 0) is 13.1 Å². The van der Waals surface area contributed by atoms with E-state index in [1.165, 1.54) is 125 Å². The van der Waals surface area contributed by atoms with Crippen molar-refractivity contribution in [2.45, 2.75) is 117 Å². The van der Waals surface area contributed by atoms with E-state index in [2.05, 4.69) is 94.3 Å². The van der Waals surface area contributed by atoms with Crippen molar-refractivity contribution in [3.63, 3.8) is 0 Å². The Labute approximate surface area is 296 Å². The zero-order valence-electron chi connectivity index (χ0n) is 30.4. The Hall–Kier alpha value is -1.51. The second-order valence-corrected chi connectivity index (χ2v) is 13.0. The first-order valence-corrected chi connectivity index (χ1v) is 19.3. The van der Waals surface area contributed by atoms with E-state index in [1.54, 1.807) is 0 Å². The highest BCUT2D eigenvalue weighted by Crippen LogP contribution is 2.22. The van der Waals surface area contributed by atoms with E-state index in [4.69, 9.17) is 0 Å². The third-order valence-corrected chi connectivity index (χ3v) is 8.56. The van der Waals surface area contributed by atoms with Crippen molar-refractivity contribution >= 4 is 12.4 Å². The first-order valence-electron chi connectivity index (χ1n) is 19.3. The van der Waals surface area contributed by atoms with Gasteiger partial charge in [0, 0.05) is 13.1 Å². The molecule has 7 heteroatoms. The minimum absolute atomic E-state index is 0. The third kappa shape index (κ3) is 25.2. The van der Waals surface area contributed by atoms with Gasteiger partial charge >= 0.3 is 0 Å². The molecule has 0 fully saturated rings. The van der Waals surface area contributed by atoms with E-state index < -0.39 is 0 Å². The Morgan fingerprint density at radius 2 is 0.723 bits per heavy atom. The summed E-state index contributed by atoms with van der Waals surface area (Å²) in [6.45, 7) is 17.6. The van der Waals surface area contributed by atoms with Gasteiger partial charge in [-0.3, -0.25) is 0 Å². The van der Waals surface area contributed by atoms with E-state index in [9.17, 15) is 0 Å². The van der Waals surface area contributed by atoms with E-state index >= 15 is 0 Å². The number of hydrogen-bond donors (Lipinski definition) is 6. The number of hydrogen-bond acceptors (Lipinski definition) is 6. The van der Waals surface area contributed by atoms with Crippen LogP contribution in [0.25, 0.3) is 11.1 Å². The summed E-state index contributed by atoms with van der Waals surface area (Å²) in [5.74, 6) is 0. The van der Waals surface area contributed by atoms with Crippen molar-refractivity contribution in [2.75, 3.05) is 65.4 Å². The number of unbranched alkanes of at least 4 members (excludes halogenated alkanes) is 8. The van der Waals surface area contributed by atoms with Gasteiger partial charge < -0.3 is 31.9 Å². The van der Waals surface area contributed by atoms with Crippen molar-refractivity contribution in [1.29, 1.82) is 0 Å². The molecule has 0 saturated carbocycles. The van der Waals surface area contributed by atoms with Crippen LogP contribution in [0.2, 0.25) is 0 Å². The molecule has 47 heavy (non-hydrogen) atoms. The Morgan fingerprint density at radius 3 is 1.13 bits per heavy atom. The highest BCUT2D eigenvalue weighted by molar-refractivity contribution is 5.85. The van der Waals surface area contributed by atoms with E-state index in [0.29, 0.717) is 0 Å². The molecular formula is C40H73ClN6. The molecule has 0 aliphatic rings. The topological polar surface area (TPSA) is 72.2 Å². The predicted octanol–water partition coefficient (Wildman–Crippen LogP) is 7.81. The summed E-state index contributed by atoms with van der Waals surface area (Å²) in [6.07, 6.45) is 18.0. The van der Waals surface area contributed by atoms with Gasteiger partial charge in [-0.15, -0.1) is 12.4 Å². The van der Waals surface area contributed by atoms with Crippen LogP contribution in [0, 0.1) is 0 Å². The van der Waals surface area contributed by atoms with Gasteiger partial charge in [0.2, 0.25) is 0 Å². The molecule has 0 radical (unpaired) electrons. The zero-order chi connectivity index (χ0) is 32.6. The first kappa shape index (κ1) is 43.5. The molecule has 0 saturated heterocycles. The molecule has 6 nitrogen and oxygen atoms in total. The van der Waals surface area contributed by atoms with Gasteiger partial charge in [0.25, 0.3) is 0 Å². The lowest BCUT2D eigenvalue weighted by atomic mass is 9.99. The molecule has 0 aromatic heterocycles. The Balaban J connectivity index is 0.0000110. The highest BCUT2D eigenvalue weighted by atomic mass is 35.5. The molecule has 6 N–H and O–H groups in total. The first-order chi connectivity index (χ1) is 22.8. The van der Waals surface area contributed by atoms with Crippen LogP contribution >= 0.6 is 12.4 Å². The fourth-order valence-corrected chi connectivity index (χ4v) is 5.76. The van der Waals surface area contributed by atoms with Gasteiger partial charge in [0.1, 0.15) is 0 Å². The summed E-state index contributed by atoms with van der Waals surface area (Å²) in [5.41, 5.74) is 5.35. The molecule has 2 rings (SSSR count). The normalized spacial score (nSPS) is 11.2. The maximum absolute atomic E-state index is 3.70. The average Bonchev–Trinajstić information content (AvgIpc) is 3.08. The number of rotatable bonds is 33. The van der Waals surface area contributed by atoms with Crippen LogP contribution in [0.1, 0.15) is 115 Å². The molecular weight excluding hydrogens is 600 g/mol. The minimum atomic E-state index is 0. The van der Waals surface area contributed by atoms with Gasteiger partial charge in [-0.05, 0) is 151 Å². The minimum Gasteiger partial charge on any atom is -0.317 e. The predicted molar refractivity (Wildman–Crippen MR) is 210 cm³/mol. The molecule has 0 aliphatic carbocycles. The second kappa shape index (κ2) is 33.0. The van der Waals surface area contributed by atoms with Gasteiger partial charge in [-0.1, -0.05) is 88.8 Å². The number of benzene rings is 2. The molecule has 0 unspecified atom stereocenters. The molecule has 2 aromatic rings. The van der Waals surface area contributed by atoms with Crippen LogP contribution < -0.4 is 31.9 Å². The monoisotopic (exact) mass is 673 g/mol. The molecule has 270 valence electrons. The van der Waals surface area contributed by atoms with Crippen molar-refractivity contribution in [2.24, 2.45) is 0 Å². The van der Waals surface area contributed by atoms with Gasteiger partial charge in [-0.25, -0.2) is 0 Å². The number of halogens is 1. The van der Waals surface area contributed by atoms with Crippen LogP contribution in [0.5, 0.6) is 0 Å². The summed E-state index contributed by atoms with van der Waals surface area (Å²) >= 11 is 0. The van der Waals surface area contributed by atoms with Crippen LogP contribution in [0.3, 0.4) is 0 Å². The van der Waals surface area contributed by atoms with Crippen molar-refractivity contribution < 1.29 is 0 Å². The van der Waals surface area contributed by atoms with Gasteiger partial charge in [-0.2, -0.15) is 0 Å². The van der Waals surface area contributed by atoms with Crippen LogP contribution in [0.4, 0.5) is 0 Å². The summed E-state index contributed by atoms with van der Waals surface area (Å²) in [4.78, 5) is 0. The summed E-state index contributed by atoms with van der Waals surface area (Å²) in [6, 6.07) is 17.9. The average molecular weight is 674 g/mol. The quantitative estimate of drug-likeness (QED) is 0.0435. The molecule has 0 heterocycles. The SMILES string of the molecule is CCCCCCNCCCNCCCCNCc1cc(CNCCCCNCCCNCCCCCC)cc(-c2ccccc2)c1.Cl. The van der Waals surface area contributed by atoms with Crippen LogP contribution in [0.15, 0.2) is 48.5 Å². The lowest BCUT2D eigenvalue weighted by molar-refractivity contribution is 0.546. The lowest BCUT2D eigenvalue weighted by Gasteiger charge is -2.12. The second-order valence-electron chi connectivity index (χ2n) is 13.0. The lowest BCUT2D eigenvalue weighted by Crippen LogP contribution is -2.24. The number of nitrogens with one attached hydrogen (secondary N) is 6. The summed E-state index contributed by atoms with van der Waals surface area (Å²) in [5, 5.41) is 21.8. The fourth-order valence-electron chi connectivity index (χ4n) is 5.76. The Kier molecular flexibility index (Phi) is 30.6. The van der Waals surface area contributed by atoms with Gasteiger partial charge in [0.05, 0.1) is 0 Å². The molecule has 0 bridgehead atoms. The van der Waals surface area contributed by atoms with E-state index in [1.807, 2.05) is 0 Å². The zero-order valence-corrected chi connectivity index (χ0v) is 31.2. The fraction of sp³-hybridized carbons (Fsp3) is 0.700. The maximum Gasteiger partial charge on any atom is 0.0205 e. The maximum atomic E-state index is 3.70. The molecule has 0 amide bonds. The summed E-state index contributed by atoms with van der Waals surface area (Å²) in [7, 11) is 0. The van der Waals surface area contributed by atoms with Crippen LogP contribution in [-0.4, -0.2) is 65.4 Å². The highest BCUT2D eigenvalue weighted by Gasteiger charge is 2.04. The van der Waals surface area contributed by atoms with E-state index in [-0.39, 0.29) is 12.4 Å². The van der Waals surface area contributed by atoms with Crippen molar-refractivity contribution in [3.8, 4) is 11.1 Å². The Bertz CT molecular complexity index is 876. The standard InChI is InChI=1S/C40H72N6.ClH/c1-3-5-7-12-22-41-28-18-30-43-24-14-16-26-45-35-37-32-38(34-40(33-37)39-20-10-9-11-21-39)36-46-27-17-15-25-44-31-19-29-42-23-13-8-6-4-2;/h9-11,20-21,32-34,41-46H,3-8,12-19,22-31,35-36H2,1-2H3;1H. The third-order valence-electron chi connectivity index (χ3n) is 8.56. The Morgan fingerprint density at radius 1 is 0.362 bits per heavy atom. The van der Waals surface area contributed by atoms with E-state index in [0.717, 1.165) is 65.4 Å². The van der Waals surface area contributed by atoms with Crippen molar-refractivity contribution in [3.05, 3.63) is 59.7 Å². The smallest absolute Gasteiger partial charge is 0.0205 e. The largest absolute Gasteiger partial charge is 0.317 e. The molecule has 2 aromatic carbocycles. The van der Waals surface area contributed by atoms with Gasteiger partial charge in [0.15, 0.2) is 0 Å². The molecule has 0 atom stereocenters. The van der Waals surface area contributed by atoms with Crippen molar-refractivity contribution in [1.82, 2.24) is 31.9 Å². The molecule has 0 spiro atoms.